The molecule has 0 aromatic carbocycles. The fourth-order valence-electron chi connectivity index (χ4n) is 1.07. The van der Waals surface area contributed by atoms with Gasteiger partial charge in [-0.25, -0.2) is 10.3 Å². The van der Waals surface area contributed by atoms with Crippen molar-refractivity contribution in [2.45, 2.75) is 26.4 Å². The van der Waals surface area contributed by atoms with E-state index in [-0.39, 0.29) is 18.8 Å². The van der Waals surface area contributed by atoms with E-state index in [1.54, 1.807) is 20.8 Å². The van der Waals surface area contributed by atoms with Crippen LogP contribution in [-0.4, -0.2) is 41.0 Å². The van der Waals surface area contributed by atoms with E-state index in [9.17, 15) is 9.59 Å². The first-order valence-electron chi connectivity index (χ1n) is 5.77. The van der Waals surface area contributed by atoms with E-state index < -0.39 is 17.6 Å². The molecule has 0 saturated carbocycles. The maximum absolute atomic E-state index is 11.4. The molecule has 0 aliphatic rings. The van der Waals surface area contributed by atoms with Crippen LogP contribution in [0.1, 0.15) is 31.3 Å². The number of H-pyrrole nitrogens is 1. The molecule has 2 amide bonds. The zero-order valence-electron chi connectivity index (χ0n) is 11.1. The van der Waals surface area contributed by atoms with Crippen molar-refractivity contribution < 1.29 is 19.2 Å². The van der Waals surface area contributed by atoms with Gasteiger partial charge < -0.3 is 10.1 Å². The minimum atomic E-state index is -0.543. The van der Waals surface area contributed by atoms with Crippen molar-refractivity contribution in [1.82, 2.24) is 21.0 Å². The molecule has 1 aromatic heterocycles. The Hall–Kier alpha value is -2.09. The summed E-state index contributed by atoms with van der Waals surface area (Å²) in [5, 5.41) is 8.67. The number of alkyl carbamates (subject to hydrolysis) is 1. The number of nitrogens with one attached hydrogen (secondary N) is 3. The average Bonchev–Trinajstić information content (AvgIpc) is 2.79. The zero-order valence-corrected chi connectivity index (χ0v) is 11.1. The Morgan fingerprint density at radius 1 is 1.42 bits per heavy atom. The topological polar surface area (TPSA) is 105 Å². The molecule has 1 aromatic rings. The monoisotopic (exact) mass is 270 g/mol. The molecule has 0 radical (unpaired) electrons. The summed E-state index contributed by atoms with van der Waals surface area (Å²) in [6.07, 6.45) is 0.994. The van der Waals surface area contributed by atoms with Gasteiger partial charge in [-0.05, 0) is 26.8 Å². The van der Waals surface area contributed by atoms with Gasteiger partial charge in [-0.3, -0.25) is 14.7 Å². The molecule has 0 atom stereocenters. The van der Waals surface area contributed by atoms with Crippen molar-refractivity contribution in [2.75, 3.05) is 13.2 Å². The lowest BCUT2D eigenvalue weighted by molar-refractivity contribution is 0.0280. The van der Waals surface area contributed by atoms with E-state index in [0.717, 1.165) is 0 Å². The Labute approximate surface area is 110 Å². The minimum absolute atomic E-state index is 0.120. The van der Waals surface area contributed by atoms with E-state index in [4.69, 9.17) is 9.57 Å². The maximum Gasteiger partial charge on any atom is 0.407 e. The molecule has 0 fully saturated rings. The summed E-state index contributed by atoms with van der Waals surface area (Å²) in [6, 6.07) is 1.51. The third-order valence-corrected chi connectivity index (χ3v) is 1.77. The highest BCUT2D eigenvalue weighted by Crippen LogP contribution is 2.05. The number of carbonyl (C=O) groups is 2. The average molecular weight is 270 g/mol. The highest BCUT2D eigenvalue weighted by molar-refractivity contribution is 5.91. The molecular weight excluding hydrogens is 252 g/mol. The summed E-state index contributed by atoms with van der Waals surface area (Å²) < 4.78 is 5.02. The van der Waals surface area contributed by atoms with Crippen LogP contribution >= 0.6 is 0 Å². The lowest BCUT2D eigenvalue weighted by Gasteiger charge is -2.19. The predicted molar refractivity (Wildman–Crippen MR) is 66.2 cm³/mol. The lowest BCUT2D eigenvalue weighted by Crippen LogP contribution is -2.35. The van der Waals surface area contributed by atoms with Crippen LogP contribution in [0, 0.1) is 0 Å². The van der Waals surface area contributed by atoms with Crippen LogP contribution in [0.3, 0.4) is 0 Å². The summed E-state index contributed by atoms with van der Waals surface area (Å²) in [6.45, 7) is 5.65. The standard InChI is InChI=1S/C11H18N4O4/c1-11(2,3)19-10(17)12-6-7-18-15-9(16)8-4-5-13-14-8/h4-5H,6-7H2,1-3H3,(H,12,17)(H,13,14)(H,15,16). The van der Waals surface area contributed by atoms with Crippen LogP contribution in [0.5, 0.6) is 0 Å². The Morgan fingerprint density at radius 2 is 2.16 bits per heavy atom. The number of carbonyl (C=O) groups excluding carboxylic acids is 2. The SMILES string of the molecule is CC(C)(C)OC(=O)NCCONC(=O)c1cc[nH]n1. The highest BCUT2D eigenvalue weighted by atomic mass is 16.7. The summed E-state index contributed by atoms with van der Waals surface area (Å²) in [5.74, 6) is -0.460. The molecule has 0 aliphatic heterocycles. The normalized spacial score (nSPS) is 10.9. The third kappa shape index (κ3) is 6.41. The predicted octanol–water partition coefficient (Wildman–Crippen LogP) is 0.596. The molecule has 3 N–H and O–H groups in total. The van der Waals surface area contributed by atoms with Gasteiger partial charge in [0.15, 0.2) is 5.69 Å². The van der Waals surface area contributed by atoms with Gasteiger partial charge in [0, 0.05) is 12.7 Å². The maximum atomic E-state index is 11.4. The summed E-state index contributed by atoms with van der Waals surface area (Å²) in [7, 11) is 0. The quantitative estimate of drug-likeness (QED) is 0.536. The van der Waals surface area contributed by atoms with Gasteiger partial charge in [0.2, 0.25) is 0 Å². The van der Waals surface area contributed by atoms with E-state index in [1.165, 1.54) is 12.3 Å². The molecule has 0 unspecified atom stereocenters. The van der Waals surface area contributed by atoms with Gasteiger partial charge in [0.25, 0.3) is 5.91 Å². The molecule has 8 heteroatoms. The van der Waals surface area contributed by atoms with Crippen LogP contribution in [-0.2, 0) is 9.57 Å². The van der Waals surface area contributed by atoms with Crippen molar-refractivity contribution in [3.05, 3.63) is 18.0 Å². The van der Waals surface area contributed by atoms with Crippen molar-refractivity contribution in [3.8, 4) is 0 Å². The first-order chi connectivity index (χ1) is 8.88. The Kier molecular flexibility index (Phi) is 5.31. The molecule has 0 aliphatic carbocycles. The number of aromatic nitrogens is 2. The number of amides is 2. The number of ether oxygens (including phenoxy) is 1. The first-order valence-corrected chi connectivity index (χ1v) is 5.77. The van der Waals surface area contributed by atoms with Gasteiger partial charge in [-0.1, -0.05) is 0 Å². The van der Waals surface area contributed by atoms with Crippen LogP contribution in [0.2, 0.25) is 0 Å². The van der Waals surface area contributed by atoms with Gasteiger partial charge in [0.05, 0.1) is 6.61 Å². The first kappa shape index (κ1) is 15.0. The third-order valence-electron chi connectivity index (χ3n) is 1.77. The van der Waals surface area contributed by atoms with Gasteiger partial charge in [-0.15, -0.1) is 0 Å². The fourth-order valence-corrected chi connectivity index (χ4v) is 1.07. The zero-order chi connectivity index (χ0) is 14.3. The molecule has 106 valence electrons. The van der Waals surface area contributed by atoms with E-state index in [0.29, 0.717) is 0 Å². The second-order valence-electron chi connectivity index (χ2n) is 4.67. The lowest BCUT2D eigenvalue weighted by atomic mass is 10.2. The Bertz CT molecular complexity index is 411. The second-order valence-corrected chi connectivity index (χ2v) is 4.67. The number of nitrogens with zero attached hydrogens (tertiary/aromatic N) is 1. The van der Waals surface area contributed by atoms with Crippen LogP contribution in [0.25, 0.3) is 0 Å². The Morgan fingerprint density at radius 3 is 2.74 bits per heavy atom. The van der Waals surface area contributed by atoms with E-state index >= 15 is 0 Å². The number of hydrogen-bond donors (Lipinski definition) is 3. The number of hydrogen-bond acceptors (Lipinski definition) is 5. The Balaban J connectivity index is 2.09. The van der Waals surface area contributed by atoms with Crippen LogP contribution in [0.15, 0.2) is 12.3 Å². The van der Waals surface area contributed by atoms with Crippen molar-refractivity contribution in [1.29, 1.82) is 0 Å². The molecule has 1 heterocycles. The van der Waals surface area contributed by atoms with Gasteiger partial charge in [0.1, 0.15) is 5.60 Å². The molecule has 0 saturated heterocycles. The number of hydroxylamine groups is 1. The second kappa shape index (κ2) is 6.74. The summed E-state index contributed by atoms with van der Waals surface area (Å²) >= 11 is 0. The summed E-state index contributed by atoms with van der Waals surface area (Å²) in [4.78, 5) is 27.5. The smallest absolute Gasteiger partial charge is 0.407 e. The molecule has 19 heavy (non-hydrogen) atoms. The van der Waals surface area contributed by atoms with Crippen molar-refractivity contribution >= 4 is 12.0 Å². The minimum Gasteiger partial charge on any atom is -0.444 e. The number of aromatic amines is 1. The fraction of sp³-hybridized carbons (Fsp3) is 0.545. The largest absolute Gasteiger partial charge is 0.444 e. The molecule has 1 rings (SSSR count). The van der Waals surface area contributed by atoms with Gasteiger partial charge in [-0.2, -0.15) is 5.10 Å². The van der Waals surface area contributed by atoms with E-state index in [1.807, 2.05) is 0 Å². The molecule has 8 nitrogen and oxygen atoms in total. The van der Waals surface area contributed by atoms with Crippen molar-refractivity contribution in [3.63, 3.8) is 0 Å². The number of rotatable bonds is 5. The van der Waals surface area contributed by atoms with Crippen LogP contribution in [0.4, 0.5) is 4.79 Å². The molecule has 0 spiro atoms. The van der Waals surface area contributed by atoms with Crippen molar-refractivity contribution in [2.24, 2.45) is 0 Å². The highest BCUT2D eigenvalue weighted by Gasteiger charge is 2.15. The van der Waals surface area contributed by atoms with E-state index in [2.05, 4.69) is 21.0 Å². The van der Waals surface area contributed by atoms with Crippen LogP contribution < -0.4 is 10.8 Å². The molecule has 0 bridgehead atoms. The molecular formula is C11H18N4O4. The summed E-state index contributed by atoms with van der Waals surface area (Å²) in [5.41, 5.74) is 1.87. The van der Waals surface area contributed by atoms with Gasteiger partial charge >= 0.3 is 6.09 Å².